The van der Waals surface area contributed by atoms with Gasteiger partial charge < -0.3 is 9.90 Å². The summed E-state index contributed by atoms with van der Waals surface area (Å²) in [5.41, 5.74) is 0.324. The molecule has 0 amide bonds. The van der Waals surface area contributed by atoms with E-state index >= 15 is 0 Å². The van der Waals surface area contributed by atoms with E-state index in [0.29, 0.717) is 17.6 Å². The summed E-state index contributed by atoms with van der Waals surface area (Å²) in [6.45, 7) is 4.33. The predicted molar refractivity (Wildman–Crippen MR) is 69.7 cm³/mol. The summed E-state index contributed by atoms with van der Waals surface area (Å²) in [6.07, 6.45) is 8.79. The zero-order valence-corrected chi connectivity index (χ0v) is 11.3. The van der Waals surface area contributed by atoms with Crippen molar-refractivity contribution in [3.05, 3.63) is 0 Å². The van der Waals surface area contributed by atoms with E-state index in [1.165, 1.54) is 32.1 Å². The van der Waals surface area contributed by atoms with Gasteiger partial charge in [-0.25, -0.2) is 0 Å². The third-order valence-electron chi connectivity index (χ3n) is 3.92. The second-order valence-corrected chi connectivity index (χ2v) is 5.67. The lowest BCUT2D eigenvalue weighted by Gasteiger charge is -2.38. The maximum atomic E-state index is 11.0. The van der Waals surface area contributed by atoms with Gasteiger partial charge in [-0.05, 0) is 44.9 Å². The zero-order valence-electron chi connectivity index (χ0n) is 11.3. The van der Waals surface area contributed by atoms with Gasteiger partial charge in [-0.1, -0.05) is 19.3 Å². The van der Waals surface area contributed by atoms with Crippen LogP contribution in [0, 0.1) is 5.41 Å². The number of rotatable bonds is 7. The highest BCUT2D eigenvalue weighted by Crippen LogP contribution is 2.40. The first-order chi connectivity index (χ1) is 8.04. The van der Waals surface area contributed by atoms with Crippen molar-refractivity contribution in [2.24, 2.45) is 5.41 Å². The molecule has 3 heteroatoms. The van der Waals surface area contributed by atoms with Gasteiger partial charge in [0.2, 0.25) is 0 Å². The van der Waals surface area contributed by atoms with Crippen molar-refractivity contribution in [2.75, 3.05) is 6.54 Å². The molecule has 1 aliphatic rings. The standard InChI is InChI=1S/C14H27NO2/c1-12(16)7-6-10-14(11-15-13(2)17)8-4-3-5-9-14/h13,15,17H,3-11H2,1-2H3. The Morgan fingerprint density at radius 1 is 1.35 bits per heavy atom. The van der Waals surface area contributed by atoms with Crippen LogP contribution in [0.3, 0.4) is 0 Å². The molecule has 0 bridgehead atoms. The molecule has 0 spiro atoms. The summed E-state index contributed by atoms with van der Waals surface area (Å²) in [4.78, 5) is 11.0. The fourth-order valence-corrected chi connectivity index (χ4v) is 2.89. The van der Waals surface area contributed by atoms with E-state index in [9.17, 15) is 9.90 Å². The van der Waals surface area contributed by atoms with Crippen LogP contribution in [0.2, 0.25) is 0 Å². The normalized spacial score (nSPS) is 21.1. The van der Waals surface area contributed by atoms with Crippen LogP contribution in [-0.4, -0.2) is 23.7 Å². The Morgan fingerprint density at radius 3 is 2.53 bits per heavy atom. The molecular weight excluding hydrogens is 214 g/mol. The minimum Gasteiger partial charge on any atom is -0.379 e. The number of Topliss-reactive ketones (excluding diaryl/α,β-unsaturated/α-hetero) is 1. The summed E-state index contributed by atoms with van der Waals surface area (Å²) in [7, 11) is 0. The molecule has 0 saturated heterocycles. The van der Waals surface area contributed by atoms with Crippen molar-refractivity contribution in [3.8, 4) is 0 Å². The molecule has 1 aliphatic carbocycles. The number of carbonyl (C=O) groups is 1. The highest BCUT2D eigenvalue weighted by Gasteiger charge is 2.31. The van der Waals surface area contributed by atoms with Crippen LogP contribution in [0.1, 0.15) is 65.2 Å². The van der Waals surface area contributed by atoms with E-state index in [1.807, 2.05) is 0 Å². The zero-order chi connectivity index (χ0) is 12.7. The predicted octanol–water partition coefficient (Wildman–Crippen LogP) is 2.62. The number of carbonyl (C=O) groups excluding carboxylic acids is 1. The summed E-state index contributed by atoms with van der Waals surface area (Å²) in [5, 5.41) is 12.5. The van der Waals surface area contributed by atoms with Gasteiger partial charge in [0.15, 0.2) is 0 Å². The molecule has 0 aromatic carbocycles. The summed E-state index contributed by atoms with van der Waals surface area (Å²) in [6, 6.07) is 0. The molecule has 0 aromatic heterocycles. The molecule has 0 aliphatic heterocycles. The van der Waals surface area contributed by atoms with Gasteiger partial charge in [0.05, 0.1) is 0 Å². The molecule has 17 heavy (non-hydrogen) atoms. The third-order valence-corrected chi connectivity index (χ3v) is 3.92. The Morgan fingerprint density at radius 2 is 2.00 bits per heavy atom. The van der Waals surface area contributed by atoms with Crippen LogP contribution in [0.4, 0.5) is 0 Å². The number of aliphatic hydroxyl groups is 1. The van der Waals surface area contributed by atoms with Crippen molar-refractivity contribution in [3.63, 3.8) is 0 Å². The molecule has 1 unspecified atom stereocenters. The van der Waals surface area contributed by atoms with E-state index in [-0.39, 0.29) is 0 Å². The first-order valence-electron chi connectivity index (χ1n) is 6.95. The molecule has 1 fully saturated rings. The average molecular weight is 241 g/mol. The number of nitrogens with one attached hydrogen (secondary N) is 1. The van der Waals surface area contributed by atoms with Crippen LogP contribution in [0.25, 0.3) is 0 Å². The van der Waals surface area contributed by atoms with Crippen LogP contribution in [-0.2, 0) is 4.79 Å². The number of hydrogen-bond donors (Lipinski definition) is 2. The van der Waals surface area contributed by atoms with Gasteiger partial charge in [0.1, 0.15) is 12.0 Å². The molecular formula is C14H27NO2. The fourth-order valence-electron chi connectivity index (χ4n) is 2.89. The van der Waals surface area contributed by atoms with Gasteiger partial charge in [-0.2, -0.15) is 0 Å². The average Bonchev–Trinajstić information content (AvgIpc) is 2.27. The van der Waals surface area contributed by atoms with E-state index in [2.05, 4.69) is 5.32 Å². The lowest BCUT2D eigenvalue weighted by atomic mass is 9.70. The van der Waals surface area contributed by atoms with Crippen molar-refractivity contribution in [1.29, 1.82) is 0 Å². The Labute approximate surface area is 105 Å². The smallest absolute Gasteiger partial charge is 0.129 e. The largest absolute Gasteiger partial charge is 0.379 e. The maximum Gasteiger partial charge on any atom is 0.129 e. The van der Waals surface area contributed by atoms with Gasteiger partial charge in [-0.15, -0.1) is 0 Å². The maximum absolute atomic E-state index is 11.0. The minimum absolute atomic E-state index is 0.291. The summed E-state index contributed by atoms with van der Waals surface area (Å²) < 4.78 is 0. The van der Waals surface area contributed by atoms with Crippen LogP contribution in [0.15, 0.2) is 0 Å². The van der Waals surface area contributed by atoms with E-state index in [4.69, 9.17) is 0 Å². The first-order valence-corrected chi connectivity index (χ1v) is 6.95. The summed E-state index contributed by atoms with van der Waals surface area (Å²) in [5.74, 6) is 0.291. The van der Waals surface area contributed by atoms with Crippen molar-refractivity contribution < 1.29 is 9.90 Å². The monoisotopic (exact) mass is 241 g/mol. The van der Waals surface area contributed by atoms with Crippen LogP contribution < -0.4 is 5.32 Å². The van der Waals surface area contributed by atoms with Crippen molar-refractivity contribution in [2.45, 2.75) is 71.4 Å². The Hall–Kier alpha value is -0.410. The highest BCUT2D eigenvalue weighted by molar-refractivity contribution is 5.75. The lowest BCUT2D eigenvalue weighted by molar-refractivity contribution is -0.117. The minimum atomic E-state index is -0.429. The molecule has 3 nitrogen and oxygen atoms in total. The molecule has 0 radical (unpaired) electrons. The topological polar surface area (TPSA) is 49.3 Å². The second-order valence-electron chi connectivity index (χ2n) is 5.67. The van der Waals surface area contributed by atoms with E-state index in [0.717, 1.165) is 19.4 Å². The Balaban J connectivity index is 2.43. The lowest BCUT2D eigenvalue weighted by Crippen LogP contribution is -2.40. The first kappa shape index (κ1) is 14.7. The molecule has 0 aromatic rings. The van der Waals surface area contributed by atoms with Crippen molar-refractivity contribution >= 4 is 5.78 Å². The summed E-state index contributed by atoms with van der Waals surface area (Å²) >= 11 is 0. The highest BCUT2D eigenvalue weighted by atomic mass is 16.3. The van der Waals surface area contributed by atoms with Gasteiger partial charge in [-0.3, -0.25) is 5.32 Å². The molecule has 100 valence electrons. The van der Waals surface area contributed by atoms with Gasteiger partial charge in [0, 0.05) is 13.0 Å². The van der Waals surface area contributed by atoms with Crippen LogP contribution >= 0.6 is 0 Å². The SMILES string of the molecule is CC(=O)CCCC1(CNC(C)O)CCCCC1. The quantitative estimate of drug-likeness (QED) is 0.674. The molecule has 1 atom stereocenters. The van der Waals surface area contributed by atoms with Gasteiger partial charge >= 0.3 is 0 Å². The van der Waals surface area contributed by atoms with Crippen molar-refractivity contribution in [1.82, 2.24) is 5.32 Å². The fraction of sp³-hybridized carbons (Fsp3) is 0.929. The Bertz CT molecular complexity index is 232. The van der Waals surface area contributed by atoms with Gasteiger partial charge in [0.25, 0.3) is 0 Å². The van der Waals surface area contributed by atoms with E-state index in [1.54, 1.807) is 13.8 Å². The number of hydrogen-bond acceptors (Lipinski definition) is 3. The molecule has 1 saturated carbocycles. The van der Waals surface area contributed by atoms with Crippen LogP contribution in [0.5, 0.6) is 0 Å². The number of ketones is 1. The molecule has 0 heterocycles. The molecule has 2 N–H and O–H groups in total. The van der Waals surface area contributed by atoms with E-state index < -0.39 is 6.23 Å². The Kier molecular flexibility index (Phi) is 6.14. The molecule has 1 rings (SSSR count). The number of aliphatic hydroxyl groups excluding tert-OH is 1. The second kappa shape index (κ2) is 7.12. The third kappa shape index (κ3) is 5.64.